The molecule has 0 aliphatic carbocycles. The number of methoxy groups -OCH3 is 1. The van der Waals surface area contributed by atoms with Crippen LogP contribution in [0.25, 0.3) is 6.08 Å². The van der Waals surface area contributed by atoms with Gasteiger partial charge < -0.3 is 14.6 Å². The minimum Gasteiger partial charge on any atom is -0.504 e. The number of aryl methyl sites for hydroxylation is 1. The van der Waals surface area contributed by atoms with Crippen LogP contribution in [0.15, 0.2) is 70.1 Å². The molecule has 7 nitrogen and oxygen atoms in total. The van der Waals surface area contributed by atoms with Crippen molar-refractivity contribution in [2.75, 3.05) is 13.7 Å². The molecular weight excluding hydrogens is 476 g/mol. The van der Waals surface area contributed by atoms with E-state index in [1.807, 2.05) is 31.2 Å². The van der Waals surface area contributed by atoms with Gasteiger partial charge in [0.15, 0.2) is 16.3 Å². The topological polar surface area (TPSA) is 90.1 Å². The highest BCUT2D eigenvalue weighted by Gasteiger charge is 2.33. The minimum atomic E-state index is -0.659. The smallest absolute Gasteiger partial charge is 0.338 e. The summed E-state index contributed by atoms with van der Waals surface area (Å²) in [6.07, 6.45) is 3.88. The van der Waals surface area contributed by atoms with Gasteiger partial charge in [-0.1, -0.05) is 47.2 Å². The number of carbonyl (C=O) groups is 1. The number of carbonyl (C=O) groups excluding carboxylic acids is 1. The normalized spacial score (nSPS) is 15.3. The van der Waals surface area contributed by atoms with E-state index in [4.69, 9.17) is 9.47 Å². The average Bonchev–Trinajstić information content (AvgIpc) is 3.15. The van der Waals surface area contributed by atoms with E-state index >= 15 is 0 Å². The van der Waals surface area contributed by atoms with Crippen LogP contribution in [-0.4, -0.2) is 29.4 Å². The van der Waals surface area contributed by atoms with Crippen molar-refractivity contribution in [2.45, 2.75) is 33.2 Å². The second-order valence-electron chi connectivity index (χ2n) is 8.44. The van der Waals surface area contributed by atoms with Crippen LogP contribution in [0.5, 0.6) is 11.5 Å². The summed E-state index contributed by atoms with van der Waals surface area (Å²) in [6, 6.07) is 10.6. The molecule has 8 heteroatoms. The maximum atomic E-state index is 13.7. The van der Waals surface area contributed by atoms with Gasteiger partial charge in [0.1, 0.15) is 0 Å². The molecular formula is C28H28N2O5S. The third-order valence-electron chi connectivity index (χ3n) is 5.97. The van der Waals surface area contributed by atoms with E-state index in [0.29, 0.717) is 43.9 Å². The van der Waals surface area contributed by atoms with Gasteiger partial charge in [-0.2, -0.15) is 0 Å². The number of nitrogens with zero attached hydrogens (tertiary/aromatic N) is 2. The zero-order valence-corrected chi connectivity index (χ0v) is 21.5. The summed E-state index contributed by atoms with van der Waals surface area (Å²) in [5, 5.41) is 10.4. The number of thiazole rings is 1. The summed E-state index contributed by atoms with van der Waals surface area (Å²) < 4.78 is 12.7. The number of phenols is 1. The summed E-state index contributed by atoms with van der Waals surface area (Å²) in [5.74, 6) is -0.132. The van der Waals surface area contributed by atoms with E-state index < -0.39 is 12.0 Å². The van der Waals surface area contributed by atoms with E-state index in [0.717, 1.165) is 11.1 Å². The second kappa shape index (κ2) is 10.4. The van der Waals surface area contributed by atoms with E-state index in [-0.39, 0.29) is 17.9 Å². The van der Waals surface area contributed by atoms with Gasteiger partial charge in [0.05, 0.1) is 35.6 Å². The number of aromatic hydroxyl groups is 1. The lowest BCUT2D eigenvalue weighted by molar-refractivity contribution is -0.139. The number of hydrogen-bond acceptors (Lipinski definition) is 7. The maximum absolute atomic E-state index is 13.7. The molecule has 4 rings (SSSR count). The number of esters is 1. The minimum absolute atomic E-state index is 0.0464. The monoisotopic (exact) mass is 504 g/mol. The fourth-order valence-electron chi connectivity index (χ4n) is 4.25. The lowest BCUT2D eigenvalue weighted by Crippen LogP contribution is -2.39. The summed E-state index contributed by atoms with van der Waals surface area (Å²) in [5.41, 5.74) is 3.80. The van der Waals surface area contributed by atoms with Gasteiger partial charge in [-0.15, -0.1) is 6.58 Å². The molecule has 0 unspecified atom stereocenters. The fraction of sp³-hybridized carbons (Fsp3) is 0.250. The summed E-state index contributed by atoms with van der Waals surface area (Å²) in [4.78, 5) is 31.8. The Morgan fingerprint density at radius 1 is 1.25 bits per heavy atom. The molecule has 1 N–H and O–H groups in total. The molecule has 1 aliphatic heterocycles. The van der Waals surface area contributed by atoms with Crippen LogP contribution in [0.4, 0.5) is 0 Å². The van der Waals surface area contributed by atoms with E-state index in [1.54, 1.807) is 42.7 Å². The number of phenolic OH excluding ortho intramolecular Hbond substituents is 1. The van der Waals surface area contributed by atoms with Gasteiger partial charge >= 0.3 is 5.97 Å². The average molecular weight is 505 g/mol. The molecule has 0 spiro atoms. The lowest BCUT2D eigenvalue weighted by Gasteiger charge is -2.24. The Hall–Kier alpha value is -3.91. The number of aromatic nitrogens is 1. The first-order valence-electron chi connectivity index (χ1n) is 11.6. The van der Waals surface area contributed by atoms with Gasteiger partial charge in [-0.3, -0.25) is 9.36 Å². The van der Waals surface area contributed by atoms with Crippen molar-refractivity contribution < 1.29 is 19.4 Å². The van der Waals surface area contributed by atoms with Crippen LogP contribution in [-0.2, 0) is 16.0 Å². The highest BCUT2D eigenvalue weighted by atomic mass is 32.1. The van der Waals surface area contributed by atoms with Gasteiger partial charge in [-0.25, -0.2) is 9.79 Å². The van der Waals surface area contributed by atoms with Crippen LogP contribution in [0.2, 0.25) is 0 Å². The molecule has 2 heterocycles. The van der Waals surface area contributed by atoms with Crippen molar-refractivity contribution in [3.8, 4) is 11.5 Å². The first-order chi connectivity index (χ1) is 17.3. The predicted octanol–water partition coefficient (Wildman–Crippen LogP) is 3.55. The van der Waals surface area contributed by atoms with Crippen molar-refractivity contribution in [3.63, 3.8) is 0 Å². The maximum Gasteiger partial charge on any atom is 0.338 e. The highest BCUT2D eigenvalue weighted by Crippen LogP contribution is 2.33. The van der Waals surface area contributed by atoms with Crippen LogP contribution < -0.4 is 19.6 Å². The Labute approximate surface area is 213 Å². The summed E-state index contributed by atoms with van der Waals surface area (Å²) >= 11 is 1.24. The Balaban J connectivity index is 1.94. The Bertz CT molecular complexity index is 1540. The third-order valence-corrected chi connectivity index (χ3v) is 6.95. The zero-order valence-electron chi connectivity index (χ0n) is 20.7. The highest BCUT2D eigenvalue weighted by molar-refractivity contribution is 7.07. The first kappa shape index (κ1) is 25.2. The molecule has 3 aromatic rings. The van der Waals surface area contributed by atoms with Gasteiger partial charge in [0.2, 0.25) is 0 Å². The van der Waals surface area contributed by atoms with E-state index in [1.165, 1.54) is 18.4 Å². The SMILES string of the molecule is C=CCc1cc(/C=c2/sc3n(c2=O)[C@H](c2ccc(C)cc2)C(C(=O)OCC)=C(C)N=3)cc(OC)c1O. The number of rotatable bonds is 7. The Morgan fingerprint density at radius 2 is 1.97 bits per heavy atom. The zero-order chi connectivity index (χ0) is 26.0. The van der Waals surface area contributed by atoms with E-state index in [9.17, 15) is 14.7 Å². The summed E-state index contributed by atoms with van der Waals surface area (Å²) in [6.45, 7) is 9.45. The number of allylic oxidation sites excluding steroid dienone is 2. The predicted molar refractivity (Wildman–Crippen MR) is 140 cm³/mol. The number of ether oxygens (including phenoxy) is 2. The molecule has 1 aromatic heterocycles. The third kappa shape index (κ3) is 4.64. The molecule has 0 saturated carbocycles. The molecule has 2 aromatic carbocycles. The van der Waals surface area contributed by atoms with Crippen LogP contribution in [0.1, 0.15) is 42.1 Å². The van der Waals surface area contributed by atoms with Crippen molar-refractivity contribution in [1.82, 2.24) is 4.57 Å². The fourth-order valence-corrected chi connectivity index (χ4v) is 5.29. The number of hydrogen-bond donors (Lipinski definition) is 1. The van der Waals surface area contributed by atoms with Crippen molar-refractivity contribution in [3.05, 3.63) is 102 Å². The van der Waals surface area contributed by atoms with Crippen LogP contribution >= 0.6 is 11.3 Å². The van der Waals surface area contributed by atoms with Gasteiger partial charge in [0, 0.05) is 5.56 Å². The lowest BCUT2D eigenvalue weighted by atomic mass is 9.95. The number of benzene rings is 2. The van der Waals surface area contributed by atoms with Gasteiger partial charge in [0.25, 0.3) is 5.56 Å². The largest absolute Gasteiger partial charge is 0.504 e. The Morgan fingerprint density at radius 3 is 2.61 bits per heavy atom. The summed E-state index contributed by atoms with van der Waals surface area (Å²) in [7, 11) is 1.48. The van der Waals surface area contributed by atoms with E-state index in [2.05, 4.69) is 11.6 Å². The van der Waals surface area contributed by atoms with Crippen LogP contribution in [0.3, 0.4) is 0 Å². The molecule has 1 aliphatic rings. The molecule has 0 radical (unpaired) electrons. The molecule has 1 atom stereocenters. The standard InChI is InChI=1S/C28H28N2O5S/c1-6-8-20-13-18(14-21(34-5)25(20)31)15-22-26(32)30-24(19-11-9-16(3)10-12-19)23(27(33)35-7-2)17(4)29-28(30)36-22/h6,9-15,24,31H,1,7-8H2,2-5H3/b22-15+/t24-/m1/s1. The second-order valence-corrected chi connectivity index (χ2v) is 9.45. The molecule has 0 fully saturated rings. The first-order valence-corrected chi connectivity index (χ1v) is 12.4. The quantitative estimate of drug-likeness (QED) is 0.393. The van der Waals surface area contributed by atoms with Crippen LogP contribution in [0, 0.1) is 6.92 Å². The van der Waals surface area contributed by atoms with Crippen molar-refractivity contribution in [1.29, 1.82) is 0 Å². The Kier molecular flexibility index (Phi) is 7.26. The molecule has 0 saturated heterocycles. The molecule has 36 heavy (non-hydrogen) atoms. The molecule has 186 valence electrons. The van der Waals surface area contributed by atoms with Gasteiger partial charge in [-0.05, 0) is 56.5 Å². The van der Waals surface area contributed by atoms with Crippen molar-refractivity contribution in [2.24, 2.45) is 4.99 Å². The number of fused-ring (bicyclic) bond motifs is 1. The van der Waals surface area contributed by atoms with Crippen molar-refractivity contribution >= 4 is 23.4 Å². The molecule has 0 amide bonds. The molecule has 0 bridgehead atoms.